The van der Waals surface area contributed by atoms with E-state index in [9.17, 15) is 14.4 Å². The summed E-state index contributed by atoms with van der Waals surface area (Å²) in [4.78, 5) is 39.8. The number of benzene rings is 2. The van der Waals surface area contributed by atoms with Crippen LogP contribution in [0.2, 0.25) is 0 Å². The average molecular weight is 494 g/mol. The molecule has 2 aliphatic rings. The largest absolute Gasteiger partial charge is 0.490 e. The van der Waals surface area contributed by atoms with Gasteiger partial charge in [-0.3, -0.25) is 14.4 Å². The van der Waals surface area contributed by atoms with Gasteiger partial charge in [0.15, 0.2) is 0 Å². The number of carbonyl (C=O) groups excluding carboxylic acids is 3. The second-order valence-electron chi connectivity index (χ2n) is 9.93. The van der Waals surface area contributed by atoms with Crippen molar-refractivity contribution in [1.29, 1.82) is 0 Å². The number of ether oxygens (including phenoxy) is 2. The molecular weight excluding hydrogens is 458 g/mol. The van der Waals surface area contributed by atoms with Crippen LogP contribution in [0.25, 0.3) is 0 Å². The highest BCUT2D eigenvalue weighted by Crippen LogP contribution is 2.32. The van der Waals surface area contributed by atoms with Gasteiger partial charge in [0, 0.05) is 18.7 Å². The van der Waals surface area contributed by atoms with Gasteiger partial charge in [-0.05, 0) is 43.5 Å². The highest BCUT2D eigenvalue weighted by Gasteiger charge is 2.39. The van der Waals surface area contributed by atoms with Gasteiger partial charge in [0.25, 0.3) is 5.91 Å². The van der Waals surface area contributed by atoms with E-state index in [0.29, 0.717) is 29.8 Å². The third-order valence-corrected chi connectivity index (χ3v) is 6.89. The minimum Gasteiger partial charge on any atom is -0.490 e. The van der Waals surface area contributed by atoms with Crippen molar-refractivity contribution in [1.82, 2.24) is 10.2 Å². The van der Waals surface area contributed by atoms with Gasteiger partial charge in [-0.25, -0.2) is 0 Å². The summed E-state index contributed by atoms with van der Waals surface area (Å²) in [7, 11) is 1.77. The number of hydrogen-bond donors (Lipinski definition) is 2. The van der Waals surface area contributed by atoms with E-state index in [1.165, 1.54) is 0 Å². The maximum Gasteiger partial charge on any atom is 0.257 e. The molecule has 36 heavy (non-hydrogen) atoms. The predicted molar refractivity (Wildman–Crippen MR) is 137 cm³/mol. The normalized spacial score (nSPS) is 22.4. The summed E-state index contributed by atoms with van der Waals surface area (Å²) in [5.41, 5.74) is 2.02. The van der Waals surface area contributed by atoms with Gasteiger partial charge in [-0.2, -0.15) is 0 Å². The van der Waals surface area contributed by atoms with E-state index >= 15 is 0 Å². The van der Waals surface area contributed by atoms with Gasteiger partial charge in [-0.1, -0.05) is 44.2 Å². The molecule has 8 nitrogen and oxygen atoms in total. The Morgan fingerprint density at radius 2 is 1.83 bits per heavy atom. The van der Waals surface area contributed by atoms with Gasteiger partial charge in [0.05, 0.1) is 30.2 Å². The lowest BCUT2D eigenvalue weighted by molar-refractivity contribution is -0.134. The van der Waals surface area contributed by atoms with Gasteiger partial charge >= 0.3 is 0 Å². The van der Waals surface area contributed by atoms with Crippen molar-refractivity contribution in [2.24, 2.45) is 5.92 Å². The molecular formula is C28H35N3O5. The number of likely N-dealkylation sites (N-methyl/N-ethyl adjacent to an activating group) is 1. The summed E-state index contributed by atoms with van der Waals surface area (Å²) in [6.45, 7) is 5.86. The van der Waals surface area contributed by atoms with E-state index in [1.54, 1.807) is 30.1 Å². The lowest BCUT2D eigenvalue weighted by atomic mass is 9.94. The molecule has 0 bridgehead atoms. The lowest BCUT2D eigenvalue weighted by Gasteiger charge is -2.42. The van der Waals surface area contributed by atoms with Crippen LogP contribution < -0.4 is 15.4 Å². The molecule has 1 fully saturated rings. The number of rotatable bonds is 6. The van der Waals surface area contributed by atoms with Crippen LogP contribution in [0.15, 0.2) is 48.5 Å². The van der Waals surface area contributed by atoms with Crippen molar-refractivity contribution < 1.29 is 23.9 Å². The molecule has 1 saturated heterocycles. The molecule has 0 unspecified atom stereocenters. The fourth-order valence-corrected chi connectivity index (χ4v) is 4.72. The van der Waals surface area contributed by atoms with Gasteiger partial charge in [0.1, 0.15) is 18.5 Å². The van der Waals surface area contributed by atoms with Crippen LogP contribution in [0.4, 0.5) is 5.69 Å². The fraction of sp³-hybridized carbons (Fsp3) is 0.464. The average Bonchev–Trinajstić information content (AvgIpc) is 2.86. The van der Waals surface area contributed by atoms with Crippen LogP contribution in [0.1, 0.15) is 62.0 Å². The van der Waals surface area contributed by atoms with Crippen molar-refractivity contribution in [3.05, 3.63) is 59.7 Å². The molecule has 0 aromatic heterocycles. The Balaban J connectivity index is 1.40. The van der Waals surface area contributed by atoms with E-state index in [4.69, 9.17) is 9.47 Å². The molecule has 2 aromatic carbocycles. The minimum absolute atomic E-state index is 0.0627. The van der Waals surface area contributed by atoms with Crippen LogP contribution >= 0.6 is 0 Å². The first kappa shape index (κ1) is 25.7. The number of amides is 3. The number of nitrogens with one attached hydrogen (secondary N) is 2. The van der Waals surface area contributed by atoms with Crippen molar-refractivity contribution in [2.75, 3.05) is 19.0 Å². The van der Waals surface area contributed by atoms with E-state index in [0.717, 1.165) is 5.56 Å². The molecule has 4 rings (SSSR count). The molecule has 0 saturated carbocycles. The molecule has 2 N–H and O–H groups in total. The summed E-state index contributed by atoms with van der Waals surface area (Å²) in [5, 5.41) is 5.89. The van der Waals surface area contributed by atoms with Crippen LogP contribution in [0.5, 0.6) is 5.75 Å². The number of fused-ring (bicyclic) bond motifs is 2. The number of anilines is 1. The van der Waals surface area contributed by atoms with Crippen LogP contribution in [-0.2, 0) is 14.3 Å². The summed E-state index contributed by atoms with van der Waals surface area (Å²) in [5.74, 6) is -0.0769. The zero-order chi connectivity index (χ0) is 25.8. The number of carbonyl (C=O) groups is 3. The van der Waals surface area contributed by atoms with Crippen molar-refractivity contribution in [3.63, 3.8) is 0 Å². The smallest absolute Gasteiger partial charge is 0.257 e. The first-order valence-electron chi connectivity index (χ1n) is 12.6. The van der Waals surface area contributed by atoms with Crippen LogP contribution in [-0.4, -0.2) is 54.5 Å². The topological polar surface area (TPSA) is 97.0 Å². The number of nitrogens with zero attached hydrogens (tertiary/aromatic N) is 1. The number of hydrogen-bond acceptors (Lipinski definition) is 5. The molecule has 0 spiro atoms. The fourth-order valence-electron chi connectivity index (χ4n) is 4.72. The minimum atomic E-state index is -0.342. The molecule has 192 valence electrons. The van der Waals surface area contributed by atoms with Gasteiger partial charge < -0.3 is 25.0 Å². The van der Waals surface area contributed by atoms with Crippen LogP contribution in [0, 0.1) is 5.92 Å². The molecule has 0 radical (unpaired) electrons. The second-order valence-corrected chi connectivity index (χ2v) is 9.93. The summed E-state index contributed by atoms with van der Waals surface area (Å²) >= 11 is 0. The van der Waals surface area contributed by atoms with E-state index < -0.39 is 0 Å². The molecule has 0 aliphatic carbocycles. The van der Waals surface area contributed by atoms with E-state index in [2.05, 4.69) is 10.6 Å². The third-order valence-electron chi connectivity index (χ3n) is 6.89. The Kier molecular flexibility index (Phi) is 7.94. The summed E-state index contributed by atoms with van der Waals surface area (Å²) < 4.78 is 12.3. The SMILES string of the molecule is CC(C)C(=O)Nc1ccc2c(c1)C(=O)N(C)[C@H]1CC[C@@H](CC(=O)N[C@@H](C)c3ccccc3)O[C@@H]1CO2. The van der Waals surface area contributed by atoms with Crippen molar-refractivity contribution >= 4 is 23.4 Å². The first-order chi connectivity index (χ1) is 17.2. The van der Waals surface area contributed by atoms with E-state index in [-0.39, 0.29) is 61.0 Å². The molecule has 4 atom stereocenters. The molecule has 8 heteroatoms. The van der Waals surface area contributed by atoms with Crippen molar-refractivity contribution in [2.45, 2.75) is 64.3 Å². The Bertz CT molecular complexity index is 1100. The van der Waals surface area contributed by atoms with Crippen molar-refractivity contribution in [3.8, 4) is 5.75 Å². The maximum atomic E-state index is 13.3. The lowest BCUT2D eigenvalue weighted by Crippen LogP contribution is -2.54. The molecule has 2 heterocycles. The zero-order valence-electron chi connectivity index (χ0n) is 21.3. The summed E-state index contributed by atoms with van der Waals surface area (Å²) in [6.07, 6.45) is 1.05. The highest BCUT2D eigenvalue weighted by atomic mass is 16.5. The second kappa shape index (κ2) is 11.1. The Hall–Kier alpha value is -3.39. The quantitative estimate of drug-likeness (QED) is 0.636. The predicted octanol–water partition coefficient (Wildman–Crippen LogP) is 3.93. The zero-order valence-corrected chi connectivity index (χ0v) is 21.3. The third kappa shape index (κ3) is 5.87. The Labute approximate surface area is 212 Å². The molecule has 3 amide bonds. The molecule has 2 aromatic rings. The van der Waals surface area contributed by atoms with Gasteiger partial charge in [0.2, 0.25) is 11.8 Å². The highest BCUT2D eigenvalue weighted by molar-refractivity contribution is 6.00. The monoisotopic (exact) mass is 493 g/mol. The maximum absolute atomic E-state index is 13.3. The van der Waals surface area contributed by atoms with Gasteiger partial charge in [-0.15, -0.1) is 0 Å². The van der Waals surface area contributed by atoms with E-state index in [1.807, 2.05) is 51.1 Å². The Morgan fingerprint density at radius 1 is 1.08 bits per heavy atom. The standard InChI is InChI=1S/C28H35N3O5/c1-17(2)27(33)30-20-10-13-24-22(14-20)28(34)31(4)23-12-11-21(36-25(23)16-35-24)15-26(32)29-18(3)19-8-6-5-7-9-19/h5-10,13-14,17-18,21,23,25H,11-12,15-16H2,1-4H3,(H,29,32)(H,30,33)/t18-,21-,23-,25+/m0/s1. The summed E-state index contributed by atoms with van der Waals surface area (Å²) in [6, 6.07) is 14.7. The Morgan fingerprint density at radius 3 is 2.56 bits per heavy atom. The molecule has 2 aliphatic heterocycles. The van der Waals surface area contributed by atoms with Crippen LogP contribution in [0.3, 0.4) is 0 Å². The first-order valence-corrected chi connectivity index (χ1v) is 12.6.